The molecule has 0 saturated carbocycles. The number of alkyl halides is 3. The van der Waals surface area contributed by atoms with Crippen LogP contribution in [0.4, 0.5) is 36.6 Å². The van der Waals surface area contributed by atoms with Crippen molar-refractivity contribution in [1.29, 1.82) is 0 Å². The van der Waals surface area contributed by atoms with Gasteiger partial charge in [0.15, 0.2) is 5.82 Å². The number of nitrogens with zero attached hydrogens (tertiary/aromatic N) is 4. The average Bonchev–Trinajstić information content (AvgIpc) is 3.16. The van der Waals surface area contributed by atoms with Crippen LogP contribution >= 0.6 is 11.6 Å². The lowest BCUT2D eigenvalue weighted by Gasteiger charge is -2.11. The van der Waals surface area contributed by atoms with E-state index in [1.807, 2.05) is 0 Å². The number of rotatable bonds is 5. The number of aromatic nitrogens is 5. The van der Waals surface area contributed by atoms with Crippen LogP contribution in [0.15, 0.2) is 48.5 Å². The molecule has 0 aliphatic heterocycles. The second-order valence-corrected chi connectivity index (χ2v) is 6.87. The van der Waals surface area contributed by atoms with Crippen molar-refractivity contribution in [2.24, 2.45) is 0 Å². The summed E-state index contributed by atoms with van der Waals surface area (Å²) < 4.78 is 44.8. The van der Waals surface area contributed by atoms with E-state index in [-0.39, 0.29) is 29.3 Å². The van der Waals surface area contributed by atoms with Gasteiger partial charge in [0.05, 0.1) is 10.6 Å². The summed E-state index contributed by atoms with van der Waals surface area (Å²) in [6, 6.07) is 11.6. The smallest absolute Gasteiger partial charge is 0.417 e. The van der Waals surface area contributed by atoms with Gasteiger partial charge >= 0.3 is 6.18 Å². The van der Waals surface area contributed by atoms with E-state index in [9.17, 15) is 13.2 Å². The predicted octanol–water partition coefficient (Wildman–Crippen LogP) is 4.63. The Bertz CT molecular complexity index is 1260. The molecule has 0 saturated heterocycles. The van der Waals surface area contributed by atoms with E-state index in [1.165, 1.54) is 12.1 Å². The van der Waals surface area contributed by atoms with Crippen molar-refractivity contribution in [1.82, 2.24) is 25.1 Å². The first-order chi connectivity index (χ1) is 15.2. The summed E-state index contributed by atoms with van der Waals surface area (Å²) in [7, 11) is 0. The van der Waals surface area contributed by atoms with E-state index in [2.05, 4.69) is 30.5 Å². The van der Waals surface area contributed by atoms with Crippen LogP contribution in [-0.2, 0) is 6.18 Å². The largest absolute Gasteiger partial charge is 0.439 e. The van der Waals surface area contributed by atoms with Gasteiger partial charge in [-0.25, -0.2) is 0 Å². The number of nitrogen functional groups attached to an aromatic ring is 2. The minimum Gasteiger partial charge on any atom is -0.439 e. The number of ether oxygens (including phenoxy) is 1. The number of halogens is 4. The molecule has 2 aromatic carbocycles. The van der Waals surface area contributed by atoms with Crippen LogP contribution < -0.4 is 21.5 Å². The van der Waals surface area contributed by atoms with Gasteiger partial charge in [-0.1, -0.05) is 23.7 Å². The number of hydrogen-bond acceptors (Lipinski definition) is 8. The third-order valence-corrected chi connectivity index (χ3v) is 4.42. The highest BCUT2D eigenvalue weighted by Gasteiger charge is 2.33. The van der Waals surface area contributed by atoms with Gasteiger partial charge in [-0.2, -0.15) is 23.1 Å². The number of nitrogens with two attached hydrogens (primary N) is 2. The van der Waals surface area contributed by atoms with Crippen molar-refractivity contribution >= 4 is 35.0 Å². The van der Waals surface area contributed by atoms with E-state index in [0.717, 1.165) is 12.1 Å². The van der Waals surface area contributed by atoms with Gasteiger partial charge in [-0.15, -0.1) is 10.2 Å². The third kappa shape index (κ3) is 4.81. The van der Waals surface area contributed by atoms with Crippen molar-refractivity contribution in [2.45, 2.75) is 6.18 Å². The van der Waals surface area contributed by atoms with Crippen LogP contribution in [0.25, 0.3) is 11.4 Å². The number of hydrogen-bond donors (Lipinski definition) is 4. The quantitative estimate of drug-likeness (QED) is 0.336. The van der Waals surface area contributed by atoms with Crippen LogP contribution in [0.2, 0.25) is 5.02 Å². The molecule has 164 valence electrons. The van der Waals surface area contributed by atoms with Crippen molar-refractivity contribution in [3.05, 3.63) is 59.1 Å². The highest BCUT2D eigenvalue weighted by atomic mass is 35.5. The molecule has 0 radical (unpaired) electrons. The van der Waals surface area contributed by atoms with E-state index >= 15 is 0 Å². The van der Waals surface area contributed by atoms with Crippen LogP contribution in [0.5, 0.6) is 11.6 Å². The molecule has 0 aliphatic rings. The zero-order valence-corrected chi connectivity index (χ0v) is 16.7. The Balaban J connectivity index is 1.53. The fraction of sp³-hybridized carbons (Fsp3) is 0.0526. The lowest BCUT2D eigenvalue weighted by Crippen LogP contribution is -2.06. The molecule has 0 atom stereocenters. The Morgan fingerprint density at radius 2 is 1.81 bits per heavy atom. The lowest BCUT2D eigenvalue weighted by atomic mass is 10.2. The SMILES string of the molecule is Nc1cc(Oc2cccc(-c3nnc(Nc4ccc(Cl)c(C(F)(F)F)c4)[nH]3)c2)nc(N)n1. The first kappa shape index (κ1) is 21.2. The monoisotopic (exact) mass is 462 g/mol. The predicted molar refractivity (Wildman–Crippen MR) is 112 cm³/mol. The first-order valence-corrected chi connectivity index (χ1v) is 9.30. The molecule has 0 unspecified atom stereocenters. The molecule has 0 fully saturated rings. The lowest BCUT2D eigenvalue weighted by molar-refractivity contribution is -0.137. The fourth-order valence-electron chi connectivity index (χ4n) is 2.75. The number of anilines is 4. The Labute approximate surface area is 183 Å². The summed E-state index contributed by atoms with van der Waals surface area (Å²) in [6.07, 6.45) is -4.58. The van der Waals surface area contributed by atoms with Gasteiger partial charge in [0.1, 0.15) is 11.6 Å². The van der Waals surface area contributed by atoms with Crippen LogP contribution in [-0.4, -0.2) is 25.1 Å². The minimum absolute atomic E-state index is 0.0296. The molecule has 13 heteroatoms. The maximum Gasteiger partial charge on any atom is 0.417 e. The molecule has 2 aromatic heterocycles. The van der Waals surface area contributed by atoms with Gasteiger partial charge in [0, 0.05) is 17.3 Å². The van der Waals surface area contributed by atoms with E-state index < -0.39 is 16.8 Å². The van der Waals surface area contributed by atoms with Crippen LogP contribution in [0, 0.1) is 0 Å². The minimum atomic E-state index is -4.58. The number of nitrogens with one attached hydrogen (secondary N) is 2. The Morgan fingerprint density at radius 3 is 2.56 bits per heavy atom. The fourth-order valence-corrected chi connectivity index (χ4v) is 2.97. The summed E-state index contributed by atoms with van der Waals surface area (Å²) in [5, 5.41) is 10.3. The summed E-state index contributed by atoms with van der Waals surface area (Å²) in [5.41, 5.74) is 11.0. The second kappa shape index (κ2) is 8.23. The number of benzene rings is 2. The number of aromatic amines is 1. The summed E-state index contributed by atoms with van der Waals surface area (Å²) in [6.45, 7) is 0. The van der Waals surface area contributed by atoms with Gasteiger partial charge in [-0.05, 0) is 30.3 Å². The topological polar surface area (TPSA) is 141 Å². The molecule has 0 aliphatic carbocycles. The van der Waals surface area contributed by atoms with Crippen LogP contribution in [0.1, 0.15) is 5.56 Å². The van der Waals surface area contributed by atoms with Gasteiger partial charge in [0.2, 0.25) is 17.8 Å². The standard InChI is InChI=1S/C19H14ClF3N8O/c20-13-5-4-10(7-12(13)19(21,22)23)26-18-29-16(30-31-18)9-2-1-3-11(6-9)32-15-8-14(24)27-17(25)28-15/h1-8H,(H4,24,25,27,28)(H2,26,29,30,31). The Morgan fingerprint density at radius 1 is 1.00 bits per heavy atom. The molecular formula is C19H14ClF3N8O. The van der Waals surface area contributed by atoms with Crippen molar-refractivity contribution in [3.8, 4) is 23.0 Å². The molecule has 0 bridgehead atoms. The van der Waals surface area contributed by atoms with E-state index in [4.69, 9.17) is 27.8 Å². The molecule has 2 heterocycles. The molecule has 0 spiro atoms. The highest BCUT2D eigenvalue weighted by molar-refractivity contribution is 6.31. The maximum absolute atomic E-state index is 13.0. The average molecular weight is 463 g/mol. The maximum atomic E-state index is 13.0. The third-order valence-electron chi connectivity index (χ3n) is 4.09. The molecule has 6 N–H and O–H groups in total. The van der Waals surface area contributed by atoms with E-state index in [0.29, 0.717) is 17.1 Å². The van der Waals surface area contributed by atoms with Crippen molar-refractivity contribution < 1.29 is 17.9 Å². The molecule has 9 nitrogen and oxygen atoms in total. The normalized spacial score (nSPS) is 11.4. The van der Waals surface area contributed by atoms with Gasteiger partial charge < -0.3 is 26.5 Å². The van der Waals surface area contributed by atoms with Crippen LogP contribution in [0.3, 0.4) is 0 Å². The zero-order chi connectivity index (χ0) is 22.9. The molecular weight excluding hydrogens is 449 g/mol. The molecule has 32 heavy (non-hydrogen) atoms. The van der Waals surface area contributed by atoms with Crippen molar-refractivity contribution in [3.63, 3.8) is 0 Å². The summed E-state index contributed by atoms with van der Waals surface area (Å²) in [4.78, 5) is 10.6. The van der Waals surface area contributed by atoms with Crippen molar-refractivity contribution in [2.75, 3.05) is 16.8 Å². The zero-order valence-electron chi connectivity index (χ0n) is 16.0. The molecule has 0 amide bonds. The van der Waals surface area contributed by atoms with E-state index in [1.54, 1.807) is 24.3 Å². The summed E-state index contributed by atoms with van der Waals surface area (Å²) >= 11 is 5.64. The Hall–Kier alpha value is -4.06. The van der Waals surface area contributed by atoms with Gasteiger partial charge in [-0.3, -0.25) is 0 Å². The summed E-state index contributed by atoms with van der Waals surface area (Å²) in [5.74, 6) is 1.19. The second-order valence-electron chi connectivity index (χ2n) is 6.46. The van der Waals surface area contributed by atoms with Gasteiger partial charge in [0.25, 0.3) is 0 Å². The first-order valence-electron chi connectivity index (χ1n) is 8.92. The molecule has 4 aromatic rings. The Kier molecular flexibility index (Phi) is 5.45. The highest BCUT2D eigenvalue weighted by Crippen LogP contribution is 2.36. The molecule has 4 rings (SSSR count). The number of H-pyrrole nitrogens is 1.